The maximum absolute atomic E-state index is 12.1. The molecule has 4 nitrogen and oxygen atoms in total. The molecule has 28 heavy (non-hydrogen) atoms. The fourth-order valence-corrected chi connectivity index (χ4v) is 3.32. The summed E-state index contributed by atoms with van der Waals surface area (Å²) < 4.78 is 41.1. The second kappa shape index (κ2) is 9.41. The van der Waals surface area contributed by atoms with Crippen molar-refractivity contribution >= 4 is 0 Å². The molecule has 0 spiro atoms. The van der Waals surface area contributed by atoms with Crippen LogP contribution in [0.15, 0.2) is 48.5 Å². The monoisotopic (exact) mass is 394 g/mol. The minimum atomic E-state index is -4.34. The number of halogens is 3. The van der Waals surface area contributed by atoms with Crippen LogP contribution in [0, 0.1) is 0 Å². The smallest absolute Gasteiger partial charge is 0.422 e. The first-order chi connectivity index (χ1) is 13.4. The van der Waals surface area contributed by atoms with Crippen molar-refractivity contribution in [2.24, 2.45) is 0 Å². The van der Waals surface area contributed by atoms with Gasteiger partial charge < -0.3 is 15.2 Å². The van der Waals surface area contributed by atoms with Crippen LogP contribution in [-0.4, -0.2) is 48.5 Å². The second-order valence-corrected chi connectivity index (χ2v) is 7.09. The number of rotatable bonds is 8. The van der Waals surface area contributed by atoms with Crippen molar-refractivity contribution in [2.45, 2.75) is 31.8 Å². The van der Waals surface area contributed by atoms with Gasteiger partial charge in [0, 0.05) is 32.7 Å². The Balaban J connectivity index is 1.37. The number of aliphatic hydroxyl groups excluding tert-OH is 1. The van der Waals surface area contributed by atoms with Gasteiger partial charge in [-0.2, -0.15) is 13.2 Å². The maximum Gasteiger partial charge on any atom is 0.422 e. The SMILES string of the molecule is OC(CNCc1ccc(OCC(F)(F)F)cc1)CN1CCc2ccccc2C1. The van der Waals surface area contributed by atoms with Crippen molar-refractivity contribution in [3.05, 3.63) is 65.2 Å². The van der Waals surface area contributed by atoms with Gasteiger partial charge in [-0.15, -0.1) is 0 Å². The molecule has 1 aliphatic heterocycles. The normalized spacial score (nSPS) is 15.9. The number of nitrogens with one attached hydrogen (secondary N) is 1. The van der Waals surface area contributed by atoms with Gasteiger partial charge in [0.15, 0.2) is 6.61 Å². The van der Waals surface area contributed by atoms with Crippen LogP contribution in [0.2, 0.25) is 0 Å². The minimum Gasteiger partial charge on any atom is -0.484 e. The minimum absolute atomic E-state index is 0.187. The molecule has 1 aliphatic rings. The Kier molecular flexibility index (Phi) is 6.93. The summed E-state index contributed by atoms with van der Waals surface area (Å²) in [5, 5.41) is 13.5. The van der Waals surface area contributed by atoms with Gasteiger partial charge in [-0.25, -0.2) is 0 Å². The van der Waals surface area contributed by atoms with Gasteiger partial charge in [-0.05, 0) is 35.2 Å². The van der Waals surface area contributed by atoms with Crippen LogP contribution in [-0.2, 0) is 19.5 Å². The lowest BCUT2D eigenvalue weighted by atomic mass is 10.00. The molecule has 3 rings (SSSR count). The first-order valence-electron chi connectivity index (χ1n) is 9.35. The number of hydrogen-bond acceptors (Lipinski definition) is 4. The fraction of sp³-hybridized carbons (Fsp3) is 0.429. The first-order valence-corrected chi connectivity index (χ1v) is 9.35. The summed E-state index contributed by atoms with van der Waals surface area (Å²) in [5.41, 5.74) is 3.62. The van der Waals surface area contributed by atoms with Gasteiger partial charge in [-0.3, -0.25) is 4.90 Å². The average Bonchev–Trinajstić information content (AvgIpc) is 2.67. The lowest BCUT2D eigenvalue weighted by molar-refractivity contribution is -0.153. The molecule has 2 aromatic rings. The molecule has 0 saturated carbocycles. The number of hydrogen-bond donors (Lipinski definition) is 2. The fourth-order valence-electron chi connectivity index (χ4n) is 3.32. The quantitative estimate of drug-likeness (QED) is 0.722. The average molecular weight is 394 g/mol. The third-order valence-electron chi connectivity index (χ3n) is 4.71. The Morgan fingerprint density at radius 3 is 2.50 bits per heavy atom. The zero-order valence-corrected chi connectivity index (χ0v) is 15.6. The third-order valence-corrected chi connectivity index (χ3v) is 4.71. The number of nitrogens with zero attached hydrogens (tertiary/aromatic N) is 1. The molecule has 0 amide bonds. The van der Waals surface area contributed by atoms with E-state index in [2.05, 4.69) is 33.2 Å². The molecule has 152 valence electrons. The first kappa shape index (κ1) is 20.6. The lowest BCUT2D eigenvalue weighted by Crippen LogP contribution is -2.40. The van der Waals surface area contributed by atoms with Crippen LogP contribution >= 0.6 is 0 Å². The van der Waals surface area contributed by atoms with E-state index < -0.39 is 18.9 Å². The molecule has 0 bridgehead atoms. The summed E-state index contributed by atoms with van der Waals surface area (Å²) in [6.07, 6.45) is -3.83. The lowest BCUT2D eigenvalue weighted by Gasteiger charge is -2.30. The highest BCUT2D eigenvalue weighted by Crippen LogP contribution is 2.19. The van der Waals surface area contributed by atoms with Crippen LogP contribution in [0.25, 0.3) is 0 Å². The van der Waals surface area contributed by atoms with Crippen molar-refractivity contribution in [1.29, 1.82) is 0 Å². The van der Waals surface area contributed by atoms with Gasteiger partial charge >= 0.3 is 6.18 Å². The van der Waals surface area contributed by atoms with E-state index >= 15 is 0 Å². The topological polar surface area (TPSA) is 44.7 Å². The zero-order chi connectivity index (χ0) is 20.0. The molecule has 0 aliphatic carbocycles. The number of β-amino-alcohol motifs (C(OH)–C–C–N with tert-alkyl or cyclic N) is 1. The highest BCUT2D eigenvalue weighted by molar-refractivity contribution is 5.29. The van der Waals surface area contributed by atoms with E-state index in [1.165, 1.54) is 23.3 Å². The van der Waals surface area contributed by atoms with E-state index in [4.69, 9.17) is 0 Å². The van der Waals surface area contributed by atoms with Crippen molar-refractivity contribution in [3.8, 4) is 5.75 Å². The Bertz CT molecular complexity index is 750. The number of ether oxygens (including phenoxy) is 1. The summed E-state index contributed by atoms with van der Waals surface area (Å²) in [7, 11) is 0. The molecule has 1 unspecified atom stereocenters. The molecule has 0 fully saturated rings. The Morgan fingerprint density at radius 2 is 1.79 bits per heavy atom. The Labute approximate surface area is 162 Å². The number of aliphatic hydroxyl groups is 1. The van der Waals surface area contributed by atoms with E-state index in [1.54, 1.807) is 12.1 Å². The molecule has 2 aromatic carbocycles. The summed E-state index contributed by atoms with van der Waals surface area (Å²) in [4.78, 5) is 2.25. The summed E-state index contributed by atoms with van der Waals surface area (Å²) in [6.45, 7) is 2.08. The van der Waals surface area contributed by atoms with Crippen LogP contribution in [0.4, 0.5) is 13.2 Å². The Hall–Kier alpha value is -2.09. The van der Waals surface area contributed by atoms with E-state index in [-0.39, 0.29) is 5.75 Å². The van der Waals surface area contributed by atoms with Gasteiger partial charge in [0.1, 0.15) is 5.75 Å². The molecule has 7 heteroatoms. The van der Waals surface area contributed by atoms with E-state index in [0.29, 0.717) is 19.6 Å². The van der Waals surface area contributed by atoms with Gasteiger partial charge in [0.2, 0.25) is 0 Å². The molecule has 0 saturated heterocycles. The van der Waals surface area contributed by atoms with Gasteiger partial charge in [-0.1, -0.05) is 36.4 Å². The van der Waals surface area contributed by atoms with Crippen molar-refractivity contribution in [2.75, 3.05) is 26.2 Å². The molecule has 0 radical (unpaired) electrons. The maximum atomic E-state index is 12.1. The molecular formula is C21H25F3N2O2. The molecule has 1 atom stereocenters. The second-order valence-electron chi connectivity index (χ2n) is 7.09. The highest BCUT2D eigenvalue weighted by atomic mass is 19.4. The third kappa shape index (κ3) is 6.51. The highest BCUT2D eigenvalue weighted by Gasteiger charge is 2.28. The number of alkyl halides is 3. The Morgan fingerprint density at radius 1 is 1.07 bits per heavy atom. The summed E-state index contributed by atoms with van der Waals surface area (Å²) >= 11 is 0. The van der Waals surface area contributed by atoms with Crippen LogP contribution in [0.1, 0.15) is 16.7 Å². The van der Waals surface area contributed by atoms with Gasteiger partial charge in [0.25, 0.3) is 0 Å². The van der Waals surface area contributed by atoms with E-state index in [9.17, 15) is 18.3 Å². The molecule has 1 heterocycles. The van der Waals surface area contributed by atoms with Crippen LogP contribution in [0.5, 0.6) is 5.75 Å². The molecular weight excluding hydrogens is 369 g/mol. The van der Waals surface area contributed by atoms with E-state index in [1.807, 2.05) is 6.07 Å². The van der Waals surface area contributed by atoms with E-state index in [0.717, 1.165) is 25.1 Å². The molecule has 2 N–H and O–H groups in total. The standard InChI is InChI=1S/C21H25F3N2O2/c22-21(23,24)15-28-20-7-5-16(6-8-20)11-25-12-19(27)14-26-10-9-17-3-1-2-4-18(17)13-26/h1-8,19,25,27H,9-15H2. The van der Waals surface area contributed by atoms with Crippen molar-refractivity contribution < 1.29 is 23.0 Å². The van der Waals surface area contributed by atoms with Crippen molar-refractivity contribution in [3.63, 3.8) is 0 Å². The van der Waals surface area contributed by atoms with Crippen molar-refractivity contribution in [1.82, 2.24) is 10.2 Å². The summed E-state index contributed by atoms with van der Waals surface area (Å²) in [5.74, 6) is 0.187. The summed E-state index contributed by atoms with van der Waals surface area (Å²) in [6, 6.07) is 14.9. The predicted octanol–water partition coefficient (Wildman–Crippen LogP) is 3.14. The number of fused-ring (bicyclic) bond motifs is 1. The largest absolute Gasteiger partial charge is 0.484 e. The van der Waals surface area contributed by atoms with Gasteiger partial charge in [0.05, 0.1) is 6.10 Å². The number of benzene rings is 2. The molecule has 0 aromatic heterocycles. The zero-order valence-electron chi connectivity index (χ0n) is 15.6. The van der Waals surface area contributed by atoms with Crippen LogP contribution < -0.4 is 10.1 Å². The van der Waals surface area contributed by atoms with Crippen LogP contribution in [0.3, 0.4) is 0 Å². The predicted molar refractivity (Wildman–Crippen MR) is 101 cm³/mol.